The van der Waals surface area contributed by atoms with Crippen molar-refractivity contribution in [3.8, 4) is 0 Å². The van der Waals surface area contributed by atoms with Gasteiger partial charge < -0.3 is 24.4 Å². The van der Waals surface area contributed by atoms with Crippen molar-refractivity contribution < 1.29 is 29.2 Å². The molecule has 0 amide bonds. The van der Waals surface area contributed by atoms with Crippen LogP contribution in [-0.2, 0) is 19.0 Å². The van der Waals surface area contributed by atoms with Gasteiger partial charge in [-0.3, -0.25) is 4.79 Å². The number of aldehydes is 1. The molecule has 0 aromatic rings. The molecule has 0 bridgehead atoms. The van der Waals surface area contributed by atoms with Gasteiger partial charge in [-0.05, 0) is 60.3 Å². The van der Waals surface area contributed by atoms with Crippen molar-refractivity contribution in [2.75, 3.05) is 13.7 Å². The Kier molecular flexibility index (Phi) is 4.41. The predicted molar refractivity (Wildman–Crippen MR) is 97.6 cm³/mol. The predicted octanol–water partition coefficient (Wildman–Crippen LogP) is 2.18. The van der Waals surface area contributed by atoms with Crippen molar-refractivity contribution in [2.24, 2.45) is 22.7 Å². The van der Waals surface area contributed by atoms with Crippen LogP contribution < -0.4 is 0 Å². The average Bonchev–Trinajstić information content (AvgIpc) is 3.42. The Labute approximate surface area is 160 Å². The van der Waals surface area contributed by atoms with E-state index in [1.54, 1.807) is 0 Å². The number of aliphatic hydroxyl groups excluding tert-OH is 1. The van der Waals surface area contributed by atoms with E-state index in [9.17, 15) is 15.0 Å². The first kappa shape index (κ1) is 19.5. The van der Waals surface area contributed by atoms with Gasteiger partial charge in [0.25, 0.3) is 5.79 Å². The van der Waals surface area contributed by atoms with Crippen LogP contribution in [0.25, 0.3) is 0 Å². The smallest absolute Gasteiger partial charge is 0.252 e. The number of fused-ring (bicyclic) bond motifs is 1. The lowest BCUT2D eigenvalue weighted by Crippen LogP contribution is -2.55. The van der Waals surface area contributed by atoms with E-state index in [-0.39, 0.29) is 10.8 Å². The molecule has 1 spiro atoms. The lowest BCUT2D eigenvalue weighted by atomic mass is 9.46. The highest BCUT2D eigenvalue weighted by Gasteiger charge is 2.76. The van der Waals surface area contributed by atoms with Crippen LogP contribution in [0.5, 0.6) is 0 Å². The molecule has 2 aliphatic heterocycles. The maximum absolute atomic E-state index is 11.7. The maximum Gasteiger partial charge on any atom is 0.252 e. The fraction of sp³-hybridized carbons (Fsp3) is 0.857. The standard InChI is InChI=1S/C21H32O6/c1-13-8-9-18(2)14(11-22)6-5-7-15(18)19(13,3)10-16-20(12-26-20)21(24,25-4)17(23)27-16/h6,11,13,15-17,23-24H,5,7-10,12H2,1-4H3/t13-,15-,16-,17?,18-,19-,20+,21?/m1/s1. The lowest BCUT2D eigenvalue weighted by Gasteiger charge is -2.58. The summed E-state index contributed by atoms with van der Waals surface area (Å²) in [7, 11) is 1.36. The molecular formula is C21H32O6. The van der Waals surface area contributed by atoms with Gasteiger partial charge in [0.15, 0.2) is 5.60 Å². The summed E-state index contributed by atoms with van der Waals surface area (Å²) in [5.41, 5.74) is -0.309. The van der Waals surface area contributed by atoms with Crippen LogP contribution >= 0.6 is 0 Å². The zero-order valence-electron chi connectivity index (χ0n) is 16.7. The minimum atomic E-state index is -1.84. The molecule has 2 N–H and O–H groups in total. The van der Waals surface area contributed by atoms with Crippen LogP contribution in [0.4, 0.5) is 0 Å². The van der Waals surface area contributed by atoms with Crippen molar-refractivity contribution in [2.45, 2.75) is 76.7 Å². The van der Waals surface area contributed by atoms with Gasteiger partial charge in [0, 0.05) is 7.11 Å². The van der Waals surface area contributed by atoms with E-state index >= 15 is 0 Å². The van der Waals surface area contributed by atoms with Crippen LogP contribution in [0.2, 0.25) is 0 Å². The van der Waals surface area contributed by atoms with Gasteiger partial charge in [-0.1, -0.05) is 26.8 Å². The minimum Gasteiger partial charge on any atom is -0.364 e. The van der Waals surface area contributed by atoms with Crippen molar-refractivity contribution in [1.82, 2.24) is 0 Å². The second-order valence-corrected chi connectivity index (χ2v) is 9.53. The van der Waals surface area contributed by atoms with Gasteiger partial charge in [0.05, 0.1) is 12.7 Å². The molecule has 3 fully saturated rings. The highest BCUT2D eigenvalue weighted by atomic mass is 16.8. The summed E-state index contributed by atoms with van der Waals surface area (Å²) in [5.74, 6) is -1.06. The number of ether oxygens (including phenoxy) is 3. The first-order valence-electron chi connectivity index (χ1n) is 10.1. The number of rotatable bonds is 4. The number of carbonyl (C=O) groups excluding carboxylic acids is 1. The van der Waals surface area contributed by atoms with E-state index in [4.69, 9.17) is 14.2 Å². The molecule has 4 rings (SSSR count). The van der Waals surface area contributed by atoms with Gasteiger partial charge in [-0.25, -0.2) is 0 Å². The van der Waals surface area contributed by atoms with E-state index in [0.29, 0.717) is 24.9 Å². The second kappa shape index (κ2) is 6.10. The molecule has 0 radical (unpaired) electrons. The molecule has 1 saturated carbocycles. The summed E-state index contributed by atoms with van der Waals surface area (Å²) in [6.45, 7) is 7.08. The van der Waals surface area contributed by atoms with E-state index in [2.05, 4.69) is 26.8 Å². The Bertz CT molecular complexity index is 657. The highest BCUT2D eigenvalue weighted by molar-refractivity contribution is 5.76. The van der Waals surface area contributed by atoms with Crippen LogP contribution in [0.3, 0.4) is 0 Å². The number of hydrogen-bond donors (Lipinski definition) is 2. The van der Waals surface area contributed by atoms with Crippen molar-refractivity contribution in [1.29, 1.82) is 0 Å². The SMILES string of the molecule is COC1(O)C(O)O[C@H](C[C@]2(C)[C@H](C)CC[C@]3(C)C(C=O)=CCC[C@@H]23)[C@@]12CO2. The van der Waals surface area contributed by atoms with E-state index < -0.39 is 23.8 Å². The van der Waals surface area contributed by atoms with Gasteiger partial charge in [-0.15, -0.1) is 0 Å². The third-order valence-corrected chi connectivity index (χ3v) is 8.54. The Balaban J connectivity index is 1.67. The normalized spacial score (nSPS) is 54.5. The molecule has 6 heteroatoms. The largest absolute Gasteiger partial charge is 0.364 e. The van der Waals surface area contributed by atoms with Crippen LogP contribution in [0.15, 0.2) is 11.6 Å². The van der Waals surface area contributed by atoms with Gasteiger partial charge in [-0.2, -0.15) is 0 Å². The number of methoxy groups -OCH3 is 1. The molecule has 27 heavy (non-hydrogen) atoms. The van der Waals surface area contributed by atoms with Gasteiger partial charge >= 0.3 is 0 Å². The molecule has 152 valence electrons. The highest BCUT2D eigenvalue weighted by Crippen LogP contribution is 2.64. The molecule has 2 aliphatic carbocycles. The Morgan fingerprint density at radius 1 is 1.37 bits per heavy atom. The number of hydrogen-bond acceptors (Lipinski definition) is 6. The van der Waals surface area contributed by atoms with E-state index in [1.165, 1.54) is 7.11 Å². The molecule has 4 aliphatic rings. The van der Waals surface area contributed by atoms with Gasteiger partial charge in [0.2, 0.25) is 6.29 Å². The quantitative estimate of drug-likeness (QED) is 0.441. The molecule has 0 aromatic carbocycles. The maximum atomic E-state index is 11.7. The first-order chi connectivity index (χ1) is 12.7. The van der Waals surface area contributed by atoms with Crippen molar-refractivity contribution in [3.05, 3.63) is 11.6 Å². The van der Waals surface area contributed by atoms with Crippen LogP contribution in [-0.4, -0.2) is 54.0 Å². The lowest BCUT2D eigenvalue weighted by molar-refractivity contribution is -0.288. The van der Waals surface area contributed by atoms with Gasteiger partial charge in [0.1, 0.15) is 6.29 Å². The third kappa shape index (κ3) is 2.40. The number of allylic oxidation sites excluding steroid dienone is 2. The number of epoxide rings is 1. The molecule has 8 atom stereocenters. The molecule has 6 nitrogen and oxygen atoms in total. The Hall–Kier alpha value is -0.790. The van der Waals surface area contributed by atoms with Crippen LogP contribution in [0.1, 0.15) is 52.9 Å². The number of carbonyl (C=O) groups is 1. The molecule has 2 unspecified atom stereocenters. The fourth-order valence-corrected chi connectivity index (χ4v) is 6.40. The molecule has 2 heterocycles. The van der Waals surface area contributed by atoms with Crippen LogP contribution in [0, 0.1) is 22.7 Å². The molecular weight excluding hydrogens is 348 g/mol. The molecule has 0 aromatic heterocycles. The summed E-state index contributed by atoms with van der Waals surface area (Å²) < 4.78 is 16.7. The van der Waals surface area contributed by atoms with E-state index in [1.807, 2.05) is 0 Å². The summed E-state index contributed by atoms with van der Waals surface area (Å²) in [4.78, 5) is 11.7. The second-order valence-electron chi connectivity index (χ2n) is 9.53. The Morgan fingerprint density at radius 3 is 2.67 bits per heavy atom. The van der Waals surface area contributed by atoms with E-state index in [0.717, 1.165) is 37.5 Å². The summed E-state index contributed by atoms with van der Waals surface area (Å²) in [6, 6.07) is 0. The fourth-order valence-electron chi connectivity index (χ4n) is 6.40. The zero-order chi connectivity index (χ0) is 19.7. The summed E-state index contributed by atoms with van der Waals surface area (Å²) in [5, 5.41) is 21.1. The van der Waals surface area contributed by atoms with Crippen molar-refractivity contribution in [3.63, 3.8) is 0 Å². The topological polar surface area (TPSA) is 88.5 Å². The Morgan fingerprint density at radius 2 is 2.07 bits per heavy atom. The zero-order valence-corrected chi connectivity index (χ0v) is 16.7. The average molecular weight is 380 g/mol. The summed E-state index contributed by atoms with van der Waals surface area (Å²) in [6.07, 6.45) is 5.91. The third-order valence-electron chi connectivity index (χ3n) is 8.54. The minimum absolute atomic E-state index is 0.0994. The summed E-state index contributed by atoms with van der Waals surface area (Å²) >= 11 is 0. The number of aliphatic hydroxyl groups is 2. The molecule has 2 saturated heterocycles. The monoisotopic (exact) mass is 380 g/mol. The van der Waals surface area contributed by atoms with Crippen molar-refractivity contribution >= 4 is 6.29 Å². The first-order valence-corrected chi connectivity index (χ1v) is 10.1.